The van der Waals surface area contributed by atoms with Crippen molar-refractivity contribution < 1.29 is 4.39 Å². The van der Waals surface area contributed by atoms with Crippen LogP contribution in [0.15, 0.2) is 23.2 Å². The van der Waals surface area contributed by atoms with Crippen LogP contribution < -0.4 is 11.1 Å². The van der Waals surface area contributed by atoms with Gasteiger partial charge in [-0.25, -0.2) is 4.39 Å². The number of nitrogens with two attached hydrogens (primary N) is 1. The first-order valence-electron chi connectivity index (χ1n) is 4.79. The summed E-state index contributed by atoms with van der Waals surface area (Å²) in [5.74, 6) is 0.150. The number of hydrogen-bond acceptors (Lipinski definition) is 1. The van der Waals surface area contributed by atoms with Crippen LogP contribution in [-0.2, 0) is 0 Å². The van der Waals surface area contributed by atoms with Crippen molar-refractivity contribution in [1.29, 1.82) is 0 Å². The van der Waals surface area contributed by atoms with E-state index in [-0.39, 0.29) is 11.9 Å². The molecule has 0 saturated carbocycles. The number of hydrogen-bond donors (Lipinski definition) is 2. The zero-order valence-corrected chi connectivity index (χ0v) is 9.21. The maximum absolute atomic E-state index is 13.3. The third kappa shape index (κ3) is 2.94. The predicted octanol–water partition coefficient (Wildman–Crippen LogP) is 1.73. The van der Waals surface area contributed by atoms with Crippen molar-refractivity contribution in [2.45, 2.75) is 19.9 Å². The van der Waals surface area contributed by atoms with Gasteiger partial charge in [0.15, 0.2) is 5.96 Å². The molecule has 0 unspecified atom stereocenters. The SMILES string of the molecule is CN=C(N)N[C@H](C)c1ccc(C)c(F)c1. The molecule has 0 aliphatic carbocycles. The molecule has 0 aromatic heterocycles. The molecule has 1 aromatic carbocycles. The van der Waals surface area contributed by atoms with Crippen molar-refractivity contribution in [3.63, 3.8) is 0 Å². The smallest absolute Gasteiger partial charge is 0.188 e. The number of guanidine groups is 1. The van der Waals surface area contributed by atoms with Crippen molar-refractivity contribution in [2.24, 2.45) is 10.7 Å². The van der Waals surface area contributed by atoms with Crippen LogP contribution >= 0.6 is 0 Å². The molecule has 4 heteroatoms. The van der Waals surface area contributed by atoms with E-state index in [0.29, 0.717) is 11.5 Å². The normalized spacial score (nSPS) is 13.7. The summed E-state index contributed by atoms with van der Waals surface area (Å²) in [6.45, 7) is 3.64. The Balaban J connectivity index is 2.82. The highest BCUT2D eigenvalue weighted by molar-refractivity contribution is 5.78. The summed E-state index contributed by atoms with van der Waals surface area (Å²) in [5.41, 5.74) is 7.02. The average molecular weight is 209 g/mol. The lowest BCUT2D eigenvalue weighted by Gasteiger charge is -2.15. The maximum Gasteiger partial charge on any atom is 0.188 e. The summed E-state index contributed by atoms with van der Waals surface area (Å²) in [6, 6.07) is 5.08. The molecule has 1 atom stereocenters. The second-order valence-electron chi connectivity index (χ2n) is 3.48. The molecular weight excluding hydrogens is 193 g/mol. The largest absolute Gasteiger partial charge is 0.370 e. The predicted molar refractivity (Wildman–Crippen MR) is 60.2 cm³/mol. The second kappa shape index (κ2) is 4.77. The molecule has 0 amide bonds. The molecule has 3 N–H and O–H groups in total. The standard InChI is InChI=1S/C11H16FN3/c1-7-4-5-9(6-10(7)12)8(2)15-11(13)14-3/h4-6,8H,1-3H3,(H3,13,14,15)/t8-/m1/s1. The lowest BCUT2D eigenvalue weighted by molar-refractivity contribution is 0.609. The van der Waals surface area contributed by atoms with Gasteiger partial charge in [-0.2, -0.15) is 0 Å². The zero-order valence-electron chi connectivity index (χ0n) is 9.21. The van der Waals surface area contributed by atoms with Crippen LogP contribution in [0.4, 0.5) is 4.39 Å². The fourth-order valence-corrected chi connectivity index (χ4v) is 1.25. The zero-order chi connectivity index (χ0) is 11.4. The third-order valence-corrected chi connectivity index (χ3v) is 2.30. The number of benzene rings is 1. The first kappa shape index (κ1) is 11.5. The van der Waals surface area contributed by atoms with Crippen LogP contribution in [-0.4, -0.2) is 13.0 Å². The lowest BCUT2D eigenvalue weighted by atomic mass is 10.1. The molecule has 1 aromatic rings. The quantitative estimate of drug-likeness (QED) is 0.575. The third-order valence-electron chi connectivity index (χ3n) is 2.30. The van der Waals surface area contributed by atoms with Gasteiger partial charge in [-0.1, -0.05) is 12.1 Å². The Morgan fingerprint density at radius 1 is 1.53 bits per heavy atom. The summed E-state index contributed by atoms with van der Waals surface area (Å²) in [4.78, 5) is 3.78. The van der Waals surface area contributed by atoms with Crippen LogP contribution in [0.1, 0.15) is 24.1 Å². The van der Waals surface area contributed by atoms with Crippen LogP contribution in [0.25, 0.3) is 0 Å². The lowest BCUT2D eigenvalue weighted by Crippen LogP contribution is -2.33. The summed E-state index contributed by atoms with van der Waals surface area (Å²) in [7, 11) is 1.60. The van der Waals surface area contributed by atoms with E-state index in [1.807, 2.05) is 13.0 Å². The first-order valence-corrected chi connectivity index (χ1v) is 4.79. The molecule has 0 fully saturated rings. The van der Waals surface area contributed by atoms with Gasteiger partial charge in [-0.15, -0.1) is 0 Å². The topological polar surface area (TPSA) is 50.4 Å². The Hall–Kier alpha value is -1.58. The van der Waals surface area contributed by atoms with E-state index in [0.717, 1.165) is 5.56 Å². The van der Waals surface area contributed by atoms with Gasteiger partial charge < -0.3 is 11.1 Å². The highest BCUT2D eigenvalue weighted by Crippen LogP contribution is 2.15. The Labute approximate surface area is 89.2 Å². The van der Waals surface area contributed by atoms with Gasteiger partial charge in [0.2, 0.25) is 0 Å². The summed E-state index contributed by atoms with van der Waals surface area (Å²) >= 11 is 0. The molecule has 0 saturated heterocycles. The highest BCUT2D eigenvalue weighted by atomic mass is 19.1. The number of rotatable bonds is 2. The molecule has 0 bridgehead atoms. The number of aliphatic imine (C=N–C) groups is 1. The number of nitrogens with one attached hydrogen (secondary N) is 1. The maximum atomic E-state index is 13.3. The summed E-state index contributed by atoms with van der Waals surface area (Å²) in [6.07, 6.45) is 0. The molecule has 0 heterocycles. The van der Waals surface area contributed by atoms with Gasteiger partial charge in [0.25, 0.3) is 0 Å². The molecule has 0 aliphatic heterocycles. The Kier molecular flexibility index (Phi) is 3.66. The van der Waals surface area contributed by atoms with E-state index in [4.69, 9.17) is 5.73 Å². The Morgan fingerprint density at radius 2 is 2.20 bits per heavy atom. The van der Waals surface area contributed by atoms with Gasteiger partial charge >= 0.3 is 0 Å². The fourth-order valence-electron chi connectivity index (χ4n) is 1.25. The van der Waals surface area contributed by atoms with E-state index in [2.05, 4.69) is 10.3 Å². The van der Waals surface area contributed by atoms with Crippen molar-refractivity contribution in [3.8, 4) is 0 Å². The molecule has 0 aliphatic rings. The second-order valence-corrected chi connectivity index (χ2v) is 3.48. The van der Waals surface area contributed by atoms with E-state index < -0.39 is 0 Å². The van der Waals surface area contributed by atoms with Crippen LogP contribution in [0.3, 0.4) is 0 Å². The number of halogens is 1. The molecule has 0 spiro atoms. The van der Waals surface area contributed by atoms with E-state index >= 15 is 0 Å². The van der Waals surface area contributed by atoms with Crippen LogP contribution in [0.5, 0.6) is 0 Å². The van der Waals surface area contributed by atoms with Gasteiger partial charge in [0.05, 0.1) is 6.04 Å². The first-order chi connectivity index (χ1) is 7.04. The highest BCUT2D eigenvalue weighted by Gasteiger charge is 2.07. The van der Waals surface area contributed by atoms with E-state index in [9.17, 15) is 4.39 Å². The van der Waals surface area contributed by atoms with Crippen molar-refractivity contribution in [3.05, 3.63) is 35.1 Å². The minimum absolute atomic E-state index is 0.0520. The monoisotopic (exact) mass is 209 g/mol. The summed E-state index contributed by atoms with van der Waals surface area (Å²) < 4.78 is 13.3. The van der Waals surface area contributed by atoms with Crippen LogP contribution in [0.2, 0.25) is 0 Å². The molecule has 82 valence electrons. The van der Waals surface area contributed by atoms with Crippen molar-refractivity contribution in [1.82, 2.24) is 5.32 Å². The van der Waals surface area contributed by atoms with E-state index in [1.165, 1.54) is 6.07 Å². The molecule has 15 heavy (non-hydrogen) atoms. The number of aryl methyl sites for hydroxylation is 1. The van der Waals surface area contributed by atoms with Crippen LogP contribution in [0, 0.1) is 12.7 Å². The average Bonchev–Trinajstić information content (AvgIpc) is 2.21. The fraction of sp³-hybridized carbons (Fsp3) is 0.364. The van der Waals surface area contributed by atoms with Crippen molar-refractivity contribution in [2.75, 3.05) is 7.05 Å². The molecule has 0 radical (unpaired) electrons. The molecular formula is C11H16FN3. The summed E-state index contributed by atoms with van der Waals surface area (Å²) in [5, 5.41) is 2.95. The Bertz CT molecular complexity index is 374. The van der Waals surface area contributed by atoms with Gasteiger partial charge in [0.1, 0.15) is 5.82 Å². The molecule has 3 nitrogen and oxygen atoms in total. The number of nitrogens with zero attached hydrogens (tertiary/aromatic N) is 1. The van der Waals surface area contributed by atoms with Gasteiger partial charge in [0, 0.05) is 7.05 Å². The van der Waals surface area contributed by atoms with E-state index in [1.54, 1.807) is 20.0 Å². The van der Waals surface area contributed by atoms with Crippen molar-refractivity contribution >= 4 is 5.96 Å². The minimum Gasteiger partial charge on any atom is -0.370 e. The minimum atomic E-state index is -0.201. The molecule has 1 rings (SSSR count). The van der Waals surface area contributed by atoms with Gasteiger partial charge in [-0.3, -0.25) is 4.99 Å². The Morgan fingerprint density at radius 3 is 2.73 bits per heavy atom. The van der Waals surface area contributed by atoms with Gasteiger partial charge in [-0.05, 0) is 31.0 Å².